The van der Waals surface area contributed by atoms with Crippen LogP contribution in [0.1, 0.15) is 51.0 Å². The first-order valence-electron chi connectivity index (χ1n) is 11.8. The maximum atomic E-state index is 5.58. The highest BCUT2D eigenvalue weighted by molar-refractivity contribution is 7.22. The lowest BCUT2D eigenvalue weighted by atomic mass is 9.95. The molecule has 2 aromatic carbocycles. The topological polar surface area (TPSA) is 46.6 Å². The Bertz CT molecular complexity index is 1010. The predicted molar refractivity (Wildman–Crippen MR) is 135 cm³/mol. The molecular weight excluding hydrogens is 418 g/mol. The quantitative estimate of drug-likeness (QED) is 0.364. The summed E-state index contributed by atoms with van der Waals surface area (Å²) in [5, 5.41) is 4.80. The monoisotopic (exact) mass is 453 g/mol. The van der Waals surface area contributed by atoms with Crippen molar-refractivity contribution in [3.8, 4) is 11.5 Å². The Labute approximate surface area is 195 Å². The van der Waals surface area contributed by atoms with Crippen molar-refractivity contribution in [3.63, 3.8) is 0 Å². The first-order valence-corrected chi connectivity index (χ1v) is 12.7. The van der Waals surface area contributed by atoms with E-state index in [4.69, 9.17) is 14.5 Å². The van der Waals surface area contributed by atoms with Crippen LogP contribution >= 0.6 is 11.3 Å². The van der Waals surface area contributed by atoms with Gasteiger partial charge in [-0.1, -0.05) is 43.6 Å². The van der Waals surface area contributed by atoms with E-state index >= 15 is 0 Å². The standard InChI is InChI=1S/C26H35N3O2S/c1-4-19-11-13-22-25(17-19)32-26(28-22)29(16-8-15-27-20-9-6-5-7-10-20)21-12-14-23(30-2)24(18-21)31-3/h11-14,17-18,20,27H,4-10,15-16H2,1-3H3. The van der Waals surface area contributed by atoms with Gasteiger partial charge >= 0.3 is 0 Å². The number of aryl methyl sites for hydroxylation is 1. The molecule has 1 fully saturated rings. The number of hydrogen-bond donors (Lipinski definition) is 1. The molecule has 0 radical (unpaired) electrons. The molecule has 32 heavy (non-hydrogen) atoms. The maximum Gasteiger partial charge on any atom is 0.190 e. The van der Waals surface area contributed by atoms with Gasteiger partial charge in [-0.2, -0.15) is 0 Å². The Hall–Kier alpha value is -2.31. The highest BCUT2D eigenvalue weighted by atomic mass is 32.1. The lowest BCUT2D eigenvalue weighted by molar-refractivity contribution is 0.355. The fourth-order valence-corrected chi connectivity index (χ4v) is 5.55. The molecule has 1 aromatic heterocycles. The molecule has 1 saturated carbocycles. The Morgan fingerprint density at radius 1 is 1.03 bits per heavy atom. The van der Waals surface area contributed by atoms with Crippen LogP contribution in [-0.2, 0) is 6.42 Å². The van der Waals surface area contributed by atoms with Crippen LogP contribution in [0.25, 0.3) is 10.2 Å². The normalized spacial score (nSPS) is 14.6. The van der Waals surface area contributed by atoms with Crippen LogP contribution in [0.3, 0.4) is 0 Å². The predicted octanol–water partition coefficient (Wildman–Crippen LogP) is 6.33. The molecule has 4 rings (SSSR count). The molecule has 172 valence electrons. The van der Waals surface area contributed by atoms with Crippen LogP contribution in [0.2, 0.25) is 0 Å². The van der Waals surface area contributed by atoms with Crippen molar-refractivity contribution < 1.29 is 9.47 Å². The molecule has 5 nitrogen and oxygen atoms in total. The number of thiazole rings is 1. The van der Waals surface area contributed by atoms with Crippen LogP contribution in [0.4, 0.5) is 10.8 Å². The molecule has 0 atom stereocenters. The summed E-state index contributed by atoms with van der Waals surface area (Å²) in [5.74, 6) is 1.48. The lowest BCUT2D eigenvalue weighted by Crippen LogP contribution is -2.33. The summed E-state index contributed by atoms with van der Waals surface area (Å²) in [4.78, 5) is 7.30. The minimum Gasteiger partial charge on any atom is -0.493 e. The summed E-state index contributed by atoms with van der Waals surface area (Å²) < 4.78 is 12.3. The van der Waals surface area contributed by atoms with Crippen molar-refractivity contribution in [3.05, 3.63) is 42.0 Å². The second-order valence-electron chi connectivity index (χ2n) is 8.49. The number of nitrogens with one attached hydrogen (secondary N) is 1. The van der Waals surface area contributed by atoms with Gasteiger partial charge < -0.3 is 19.7 Å². The highest BCUT2D eigenvalue weighted by Gasteiger charge is 2.18. The van der Waals surface area contributed by atoms with Crippen molar-refractivity contribution in [2.75, 3.05) is 32.2 Å². The number of methoxy groups -OCH3 is 2. The van der Waals surface area contributed by atoms with E-state index in [-0.39, 0.29) is 0 Å². The van der Waals surface area contributed by atoms with Crippen LogP contribution in [0.15, 0.2) is 36.4 Å². The van der Waals surface area contributed by atoms with Gasteiger partial charge in [0.25, 0.3) is 0 Å². The van der Waals surface area contributed by atoms with E-state index in [1.165, 1.54) is 42.4 Å². The highest BCUT2D eigenvalue weighted by Crippen LogP contribution is 2.38. The summed E-state index contributed by atoms with van der Waals surface area (Å²) >= 11 is 1.76. The number of anilines is 2. The molecular formula is C26H35N3O2S. The van der Waals surface area contributed by atoms with Crippen LogP contribution in [0, 0.1) is 0 Å². The van der Waals surface area contributed by atoms with Gasteiger partial charge in [0.2, 0.25) is 0 Å². The zero-order chi connectivity index (χ0) is 22.3. The molecule has 1 aliphatic rings. The average Bonchev–Trinajstić information content (AvgIpc) is 3.27. The molecule has 0 aliphatic heterocycles. The van der Waals surface area contributed by atoms with Crippen LogP contribution in [0.5, 0.6) is 11.5 Å². The largest absolute Gasteiger partial charge is 0.493 e. The third kappa shape index (κ3) is 5.36. The third-order valence-electron chi connectivity index (χ3n) is 6.36. The molecule has 0 bridgehead atoms. The van der Waals surface area contributed by atoms with Crippen molar-refractivity contribution >= 4 is 32.4 Å². The number of ether oxygens (including phenoxy) is 2. The third-order valence-corrected chi connectivity index (χ3v) is 7.40. The van der Waals surface area contributed by atoms with Gasteiger partial charge in [-0.3, -0.25) is 0 Å². The minimum atomic E-state index is 0.688. The van der Waals surface area contributed by atoms with Crippen molar-refractivity contribution in [2.24, 2.45) is 0 Å². The van der Waals surface area contributed by atoms with Gasteiger partial charge in [0.1, 0.15) is 0 Å². The Balaban J connectivity index is 1.56. The number of aromatic nitrogens is 1. The van der Waals surface area contributed by atoms with E-state index in [0.717, 1.165) is 53.8 Å². The molecule has 3 aromatic rings. The lowest BCUT2D eigenvalue weighted by Gasteiger charge is -2.25. The summed E-state index contributed by atoms with van der Waals surface area (Å²) in [5.41, 5.74) is 3.49. The van der Waals surface area contributed by atoms with Gasteiger partial charge in [0.05, 0.1) is 24.4 Å². The van der Waals surface area contributed by atoms with E-state index < -0.39 is 0 Å². The Kier molecular flexibility index (Phi) is 7.87. The van der Waals surface area contributed by atoms with E-state index in [1.807, 2.05) is 6.07 Å². The van der Waals surface area contributed by atoms with E-state index in [0.29, 0.717) is 6.04 Å². The van der Waals surface area contributed by atoms with Crippen LogP contribution < -0.4 is 19.7 Å². The molecule has 0 saturated heterocycles. The van der Waals surface area contributed by atoms with E-state index in [9.17, 15) is 0 Å². The van der Waals surface area contributed by atoms with Crippen molar-refractivity contribution in [2.45, 2.75) is 57.9 Å². The number of benzene rings is 2. The number of rotatable bonds is 10. The SMILES string of the molecule is CCc1ccc2nc(N(CCCNC3CCCCC3)c3ccc(OC)c(OC)c3)sc2c1. The van der Waals surface area contributed by atoms with Gasteiger partial charge in [-0.25, -0.2) is 4.98 Å². The van der Waals surface area contributed by atoms with Gasteiger partial charge in [0.15, 0.2) is 16.6 Å². The molecule has 1 heterocycles. The average molecular weight is 454 g/mol. The number of hydrogen-bond acceptors (Lipinski definition) is 6. The first-order chi connectivity index (χ1) is 15.7. The van der Waals surface area contributed by atoms with Crippen LogP contribution in [-0.4, -0.2) is 38.3 Å². The summed E-state index contributed by atoms with van der Waals surface area (Å²) in [6.45, 7) is 4.12. The van der Waals surface area contributed by atoms with Gasteiger partial charge in [-0.05, 0) is 62.1 Å². The zero-order valence-electron chi connectivity index (χ0n) is 19.5. The molecule has 6 heteroatoms. The molecule has 1 N–H and O–H groups in total. The second-order valence-corrected chi connectivity index (χ2v) is 9.49. The number of nitrogens with zero attached hydrogens (tertiary/aromatic N) is 2. The van der Waals surface area contributed by atoms with Crippen molar-refractivity contribution in [1.82, 2.24) is 10.3 Å². The maximum absolute atomic E-state index is 5.58. The second kappa shape index (κ2) is 11.0. The Morgan fingerprint density at radius 3 is 2.59 bits per heavy atom. The molecule has 0 amide bonds. The smallest absolute Gasteiger partial charge is 0.190 e. The van der Waals surface area contributed by atoms with E-state index in [1.54, 1.807) is 25.6 Å². The molecule has 1 aliphatic carbocycles. The first kappa shape index (κ1) is 22.9. The molecule has 0 spiro atoms. The van der Waals surface area contributed by atoms with Gasteiger partial charge in [0, 0.05) is 24.3 Å². The van der Waals surface area contributed by atoms with Gasteiger partial charge in [-0.15, -0.1) is 0 Å². The summed E-state index contributed by atoms with van der Waals surface area (Å²) in [7, 11) is 3.36. The summed E-state index contributed by atoms with van der Waals surface area (Å²) in [6.07, 6.45) is 8.84. The Morgan fingerprint density at radius 2 is 1.84 bits per heavy atom. The fraction of sp³-hybridized carbons (Fsp3) is 0.500. The number of fused-ring (bicyclic) bond motifs is 1. The van der Waals surface area contributed by atoms with E-state index in [2.05, 4.69) is 47.5 Å². The zero-order valence-corrected chi connectivity index (χ0v) is 20.3. The minimum absolute atomic E-state index is 0.688. The summed E-state index contributed by atoms with van der Waals surface area (Å²) in [6, 6.07) is 13.4. The van der Waals surface area contributed by atoms with Crippen molar-refractivity contribution in [1.29, 1.82) is 0 Å². The fourth-order valence-electron chi connectivity index (χ4n) is 4.47. The molecule has 0 unspecified atom stereocenters.